The molecule has 1 aromatic heterocycles. The third-order valence-electron chi connectivity index (χ3n) is 4.56. The number of hydrogen-bond acceptors (Lipinski definition) is 5. The second-order valence-corrected chi connectivity index (χ2v) is 6.20. The SMILES string of the molecule is CCc1noc(CCC(=O)N2CCN(C)[C@@H](c3ccccc3)C2)n1. The van der Waals surface area contributed by atoms with Gasteiger partial charge in [-0.2, -0.15) is 4.98 Å². The molecule has 6 heteroatoms. The van der Waals surface area contributed by atoms with Crippen molar-refractivity contribution in [3.05, 3.63) is 47.6 Å². The maximum Gasteiger partial charge on any atom is 0.227 e. The Balaban J connectivity index is 1.58. The van der Waals surface area contributed by atoms with E-state index in [9.17, 15) is 4.79 Å². The summed E-state index contributed by atoms with van der Waals surface area (Å²) >= 11 is 0. The molecule has 0 N–H and O–H groups in total. The van der Waals surface area contributed by atoms with E-state index < -0.39 is 0 Å². The van der Waals surface area contributed by atoms with E-state index in [1.54, 1.807) is 0 Å². The van der Waals surface area contributed by atoms with Crippen LogP contribution in [-0.2, 0) is 17.6 Å². The molecule has 0 aliphatic carbocycles. The molecule has 0 unspecified atom stereocenters. The maximum atomic E-state index is 12.5. The lowest BCUT2D eigenvalue weighted by Gasteiger charge is -2.39. The van der Waals surface area contributed by atoms with Crippen LogP contribution < -0.4 is 0 Å². The molecule has 0 radical (unpaired) electrons. The van der Waals surface area contributed by atoms with Crippen molar-refractivity contribution in [1.82, 2.24) is 19.9 Å². The van der Waals surface area contributed by atoms with Gasteiger partial charge in [0.1, 0.15) is 0 Å². The van der Waals surface area contributed by atoms with Gasteiger partial charge in [-0.15, -0.1) is 0 Å². The zero-order chi connectivity index (χ0) is 16.9. The fourth-order valence-electron chi connectivity index (χ4n) is 3.04. The van der Waals surface area contributed by atoms with E-state index in [0.29, 0.717) is 24.6 Å². The third-order valence-corrected chi connectivity index (χ3v) is 4.56. The molecule has 3 rings (SSSR count). The average Bonchev–Trinajstić information content (AvgIpc) is 3.09. The number of benzene rings is 1. The van der Waals surface area contributed by atoms with Crippen LogP contribution in [0.2, 0.25) is 0 Å². The van der Waals surface area contributed by atoms with Crippen molar-refractivity contribution in [3.8, 4) is 0 Å². The number of piperazine rings is 1. The van der Waals surface area contributed by atoms with Crippen molar-refractivity contribution < 1.29 is 9.32 Å². The Hall–Kier alpha value is -2.21. The summed E-state index contributed by atoms with van der Waals surface area (Å²) < 4.78 is 5.16. The topological polar surface area (TPSA) is 62.5 Å². The van der Waals surface area contributed by atoms with Gasteiger partial charge in [0.15, 0.2) is 5.82 Å². The van der Waals surface area contributed by atoms with Crippen molar-refractivity contribution in [2.75, 3.05) is 26.7 Å². The Kier molecular flexibility index (Phi) is 5.25. The summed E-state index contributed by atoms with van der Waals surface area (Å²) in [5, 5.41) is 3.87. The normalized spacial score (nSPS) is 18.8. The van der Waals surface area contributed by atoms with Gasteiger partial charge in [0.2, 0.25) is 11.8 Å². The van der Waals surface area contributed by atoms with Gasteiger partial charge in [-0.3, -0.25) is 9.69 Å². The minimum absolute atomic E-state index is 0.153. The van der Waals surface area contributed by atoms with Crippen molar-refractivity contribution >= 4 is 5.91 Å². The Morgan fingerprint density at radius 3 is 2.79 bits per heavy atom. The van der Waals surface area contributed by atoms with Crippen LogP contribution in [0.25, 0.3) is 0 Å². The molecule has 1 fully saturated rings. The number of aromatic nitrogens is 2. The molecule has 24 heavy (non-hydrogen) atoms. The first kappa shape index (κ1) is 16.6. The maximum absolute atomic E-state index is 12.5. The van der Waals surface area contributed by atoms with Gasteiger partial charge < -0.3 is 9.42 Å². The number of nitrogens with zero attached hydrogens (tertiary/aromatic N) is 4. The minimum atomic E-state index is 0.153. The van der Waals surface area contributed by atoms with E-state index in [-0.39, 0.29) is 11.9 Å². The smallest absolute Gasteiger partial charge is 0.227 e. The second-order valence-electron chi connectivity index (χ2n) is 6.20. The molecule has 1 amide bonds. The summed E-state index contributed by atoms with van der Waals surface area (Å²) in [7, 11) is 2.12. The molecule has 2 aromatic rings. The summed E-state index contributed by atoms with van der Waals surface area (Å²) in [6.45, 7) is 4.35. The number of likely N-dealkylation sites (N-methyl/N-ethyl adjacent to an activating group) is 1. The van der Waals surface area contributed by atoms with E-state index in [1.165, 1.54) is 5.56 Å². The number of rotatable bonds is 5. The van der Waals surface area contributed by atoms with Crippen LogP contribution in [-0.4, -0.2) is 52.5 Å². The standard InChI is InChI=1S/C18H24N4O2/c1-3-16-19-17(24-20-16)9-10-18(23)22-12-11-21(2)15(13-22)14-7-5-4-6-8-14/h4-8,15H,3,9-13H2,1-2H3/t15-/m1/s1. The second kappa shape index (κ2) is 7.57. The number of carbonyl (C=O) groups excluding carboxylic acids is 1. The van der Waals surface area contributed by atoms with Gasteiger partial charge in [-0.1, -0.05) is 42.4 Å². The first-order chi connectivity index (χ1) is 11.7. The summed E-state index contributed by atoms with van der Waals surface area (Å²) in [6, 6.07) is 10.6. The van der Waals surface area contributed by atoms with Gasteiger partial charge >= 0.3 is 0 Å². The minimum Gasteiger partial charge on any atom is -0.339 e. The highest BCUT2D eigenvalue weighted by molar-refractivity contribution is 5.76. The molecular weight excluding hydrogens is 304 g/mol. The molecule has 0 saturated carbocycles. The molecule has 1 aliphatic heterocycles. The van der Waals surface area contributed by atoms with Crippen molar-refractivity contribution in [2.45, 2.75) is 32.2 Å². The largest absolute Gasteiger partial charge is 0.339 e. The van der Waals surface area contributed by atoms with Crippen LogP contribution in [0.15, 0.2) is 34.9 Å². The Labute approximate surface area is 142 Å². The molecule has 6 nitrogen and oxygen atoms in total. The summed E-state index contributed by atoms with van der Waals surface area (Å²) in [5.41, 5.74) is 1.25. The van der Waals surface area contributed by atoms with Crippen LogP contribution in [0.5, 0.6) is 0 Å². The zero-order valence-electron chi connectivity index (χ0n) is 14.3. The van der Waals surface area contributed by atoms with E-state index >= 15 is 0 Å². The summed E-state index contributed by atoms with van der Waals surface area (Å²) in [5.74, 6) is 1.40. The van der Waals surface area contributed by atoms with Crippen LogP contribution in [0, 0.1) is 0 Å². The first-order valence-electron chi connectivity index (χ1n) is 8.51. The molecule has 1 saturated heterocycles. The lowest BCUT2D eigenvalue weighted by molar-refractivity contribution is -0.134. The Bertz CT molecular complexity index is 671. The van der Waals surface area contributed by atoms with E-state index in [1.807, 2.05) is 30.0 Å². The average molecular weight is 328 g/mol. The molecule has 1 aromatic carbocycles. The quantitative estimate of drug-likeness (QED) is 0.841. The lowest BCUT2D eigenvalue weighted by Crippen LogP contribution is -2.49. The van der Waals surface area contributed by atoms with Crippen molar-refractivity contribution in [1.29, 1.82) is 0 Å². The predicted molar refractivity (Wildman–Crippen MR) is 90.4 cm³/mol. The van der Waals surface area contributed by atoms with Crippen molar-refractivity contribution in [3.63, 3.8) is 0 Å². The van der Waals surface area contributed by atoms with Crippen LogP contribution >= 0.6 is 0 Å². The number of hydrogen-bond donors (Lipinski definition) is 0. The van der Waals surface area contributed by atoms with E-state index in [2.05, 4.69) is 34.2 Å². The zero-order valence-corrected chi connectivity index (χ0v) is 14.3. The number of amides is 1. The van der Waals surface area contributed by atoms with Crippen LogP contribution in [0.3, 0.4) is 0 Å². The lowest BCUT2D eigenvalue weighted by atomic mass is 10.0. The van der Waals surface area contributed by atoms with Gasteiger partial charge in [-0.25, -0.2) is 0 Å². The summed E-state index contributed by atoms with van der Waals surface area (Å²) in [4.78, 5) is 21.1. The predicted octanol–water partition coefficient (Wildman–Crippen LogP) is 2.08. The van der Waals surface area contributed by atoms with E-state index in [4.69, 9.17) is 4.52 Å². The fourth-order valence-corrected chi connectivity index (χ4v) is 3.04. The fraction of sp³-hybridized carbons (Fsp3) is 0.500. The van der Waals surface area contributed by atoms with Gasteiger partial charge in [0.25, 0.3) is 0 Å². The van der Waals surface area contributed by atoms with E-state index in [0.717, 1.165) is 26.1 Å². The van der Waals surface area contributed by atoms with Gasteiger partial charge in [-0.05, 0) is 12.6 Å². The highest BCUT2D eigenvalue weighted by Gasteiger charge is 2.28. The molecule has 1 atom stereocenters. The molecule has 2 heterocycles. The van der Waals surface area contributed by atoms with Gasteiger partial charge in [0, 0.05) is 38.9 Å². The molecule has 128 valence electrons. The first-order valence-corrected chi connectivity index (χ1v) is 8.51. The Morgan fingerprint density at radius 1 is 1.29 bits per heavy atom. The van der Waals surface area contributed by atoms with Crippen molar-refractivity contribution in [2.24, 2.45) is 0 Å². The number of carbonyl (C=O) groups is 1. The summed E-state index contributed by atoms with van der Waals surface area (Å²) in [6.07, 6.45) is 1.67. The highest BCUT2D eigenvalue weighted by Crippen LogP contribution is 2.24. The van der Waals surface area contributed by atoms with Gasteiger partial charge in [0.05, 0.1) is 6.04 Å². The van der Waals surface area contributed by atoms with Crippen LogP contribution in [0.4, 0.5) is 0 Å². The molecule has 1 aliphatic rings. The highest BCUT2D eigenvalue weighted by atomic mass is 16.5. The molecular formula is C18H24N4O2. The third kappa shape index (κ3) is 3.82. The van der Waals surface area contributed by atoms with Crippen LogP contribution in [0.1, 0.15) is 36.7 Å². The number of aryl methyl sites for hydroxylation is 2. The Morgan fingerprint density at radius 2 is 2.08 bits per heavy atom. The molecule has 0 bridgehead atoms. The monoisotopic (exact) mass is 328 g/mol. The molecule has 0 spiro atoms.